The van der Waals surface area contributed by atoms with Gasteiger partial charge in [-0.1, -0.05) is 20.3 Å². The van der Waals surface area contributed by atoms with Crippen molar-refractivity contribution in [3.8, 4) is 0 Å². The Hall–Kier alpha value is -0.180. The highest BCUT2D eigenvalue weighted by Crippen LogP contribution is 2.11. The zero-order valence-electron chi connectivity index (χ0n) is 10.1. The zero-order valence-corrected chi connectivity index (χ0v) is 11.8. The summed E-state index contributed by atoms with van der Waals surface area (Å²) in [4.78, 5) is 0. The minimum absolute atomic E-state index is 0.163. The molecule has 0 spiro atoms. The maximum absolute atomic E-state index is 11.5. The molecular weight excluding hydrogens is 268 g/mol. The van der Waals surface area contributed by atoms with Gasteiger partial charge in [-0.05, 0) is 19.3 Å². The largest absolute Gasteiger partial charge is 0.286 e. The van der Waals surface area contributed by atoms with Crippen molar-refractivity contribution < 1.29 is 25.6 Å². The van der Waals surface area contributed by atoms with Crippen molar-refractivity contribution in [1.82, 2.24) is 0 Å². The van der Waals surface area contributed by atoms with Crippen LogP contribution in [0.15, 0.2) is 0 Å². The molecule has 0 bridgehead atoms. The van der Waals surface area contributed by atoms with Gasteiger partial charge in [0.05, 0.1) is 17.6 Å². The van der Waals surface area contributed by atoms with E-state index >= 15 is 0 Å². The lowest BCUT2D eigenvalue weighted by atomic mass is 10.2. The monoisotopic (exact) mass is 288 g/mol. The van der Waals surface area contributed by atoms with E-state index in [0.717, 1.165) is 6.42 Å². The normalized spacial score (nSPS) is 14.8. The smallest absolute Gasteiger partial charge is 0.267 e. The van der Waals surface area contributed by atoms with Gasteiger partial charge < -0.3 is 0 Å². The molecule has 0 rings (SSSR count). The van der Waals surface area contributed by atoms with Crippen LogP contribution in [0.5, 0.6) is 0 Å². The summed E-state index contributed by atoms with van der Waals surface area (Å²) in [7, 11) is -7.82. The number of hydrogen-bond acceptors (Lipinski definition) is 5. The Balaban J connectivity index is 4.20. The van der Waals surface area contributed by atoms with Crippen molar-refractivity contribution >= 4 is 20.2 Å². The summed E-state index contributed by atoms with van der Waals surface area (Å²) in [5, 5.41) is 0. The minimum atomic E-state index is -4.11. The molecule has 0 aliphatic carbocycles. The highest BCUT2D eigenvalue weighted by atomic mass is 32.2. The van der Waals surface area contributed by atoms with E-state index in [9.17, 15) is 16.8 Å². The van der Waals surface area contributed by atoms with Crippen molar-refractivity contribution in [1.29, 1.82) is 0 Å². The van der Waals surface area contributed by atoms with E-state index in [2.05, 4.69) is 0 Å². The molecule has 0 saturated heterocycles. The Labute approximate surface area is 103 Å². The van der Waals surface area contributed by atoms with Gasteiger partial charge in [0.15, 0.2) is 0 Å². The molecule has 104 valence electrons. The number of hydrogen-bond donors (Lipinski definition) is 1. The van der Waals surface area contributed by atoms with Crippen molar-refractivity contribution in [2.24, 2.45) is 0 Å². The molecule has 1 unspecified atom stereocenters. The first kappa shape index (κ1) is 16.8. The van der Waals surface area contributed by atoms with Crippen LogP contribution in [0.25, 0.3) is 0 Å². The molecule has 0 aliphatic rings. The van der Waals surface area contributed by atoms with E-state index in [0.29, 0.717) is 12.8 Å². The standard InChI is InChI=1S/C9H20O6S2/c1-3-6-9(4-2)15-17(13,14)8-5-7-16(10,11)12/h9H,3-8H2,1-2H3,(H,10,11,12). The molecule has 0 aromatic rings. The van der Waals surface area contributed by atoms with Crippen LogP contribution in [0.1, 0.15) is 39.5 Å². The maximum Gasteiger partial charge on any atom is 0.267 e. The molecule has 0 aromatic carbocycles. The molecule has 17 heavy (non-hydrogen) atoms. The van der Waals surface area contributed by atoms with Crippen molar-refractivity contribution in [2.45, 2.75) is 45.6 Å². The van der Waals surface area contributed by atoms with Gasteiger partial charge in [0.25, 0.3) is 20.2 Å². The van der Waals surface area contributed by atoms with Crippen molar-refractivity contribution in [3.63, 3.8) is 0 Å². The lowest BCUT2D eigenvalue weighted by Crippen LogP contribution is -2.21. The third kappa shape index (κ3) is 9.51. The lowest BCUT2D eigenvalue weighted by Gasteiger charge is -2.14. The first-order chi connectivity index (χ1) is 7.70. The predicted molar refractivity (Wildman–Crippen MR) is 64.9 cm³/mol. The highest BCUT2D eigenvalue weighted by Gasteiger charge is 2.18. The summed E-state index contributed by atoms with van der Waals surface area (Å²) in [6.07, 6.45) is 1.54. The van der Waals surface area contributed by atoms with Gasteiger partial charge in [-0.3, -0.25) is 8.74 Å². The minimum Gasteiger partial charge on any atom is -0.286 e. The Kier molecular flexibility index (Phi) is 7.22. The SMILES string of the molecule is CCCC(CC)OS(=O)(=O)CCCS(=O)(=O)O. The first-order valence-electron chi connectivity index (χ1n) is 5.56. The third-order valence-corrected chi connectivity index (χ3v) is 4.30. The van der Waals surface area contributed by atoms with E-state index in [1.807, 2.05) is 13.8 Å². The zero-order chi connectivity index (χ0) is 13.5. The second-order valence-corrected chi connectivity index (χ2v) is 7.10. The molecule has 0 radical (unpaired) electrons. The molecule has 0 amide bonds. The summed E-state index contributed by atoms with van der Waals surface area (Å²) in [5.41, 5.74) is 0. The van der Waals surface area contributed by atoms with Crippen LogP contribution in [0.2, 0.25) is 0 Å². The van der Waals surface area contributed by atoms with Crippen LogP contribution < -0.4 is 0 Å². The van der Waals surface area contributed by atoms with Crippen LogP contribution in [-0.4, -0.2) is 39.0 Å². The molecule has 0 saturated carbocycles. The van der Waals surface area contributed by atoms with Crippen LogP contribution in [0.3, 0.4) is 0 Å². The fourth-order valence-corrected chi connectivity index (χ4v) is 3.25. The first-order valence-corrected chi connectivity index (χ1v) is 8.75. The van der Waals surface area contributed by atoms with Gasteiger partial charge in [-0.2, -0.15) is 16.8 Å². The molecule has 0 aliphatic heterocycles. The Morgan fingerprint density at radius 1 is 1.12 bits per heavy atom. The van der Waals surface area contributed by atoms with Crippen molar-refractivity contribution in [2.75, 3.05) is 11.5 Å². The van der Waals surface area contributed by atoms with Crippen LogP contribution in [-0.2, 0) is 24.4 Å². The fraction of sp³-hybridized carbons (Fsp3) is 1.00. The summed E-state index contributed by atoms with van der Waals surface area (Å²) in [5.74, 6) is -0.965. The maximum atomic E-state index is 11.5. The molecule has 8 heteroatoms. The summed E-state index contributed by atoms with van der Waals surface area (Å²) >= 11 is 0. The van der Waals surface area contributed by atoms with Gasteiger partial charge in [0, 0.05) is 0 Å². The average Bonchev–Trinajstić information content (AvgIpc) is 2.14. The molecule has 1 N–H and O–H groups in total. The summed E-state index contributed by atoms with van der Waals surface area (Å²) in [6, 6.07) is 0. The van der Waals surface area contributed by atoms with E-state index in [1.54, 1.807) is 0 Å². The quantitative estimate of drug-likeness (QED) is 0.505. The van der Waals surface area contributed by atoms with E-state index in [1.165, 1.54) is 0 Å². The van der Waals surface area contributed by atoms with Crippen LogP contribution >= 0.6 is 0 Å². The van der Waals surface area contributed by atoms with E-state index < -0.39 is 31.7 Å². The molecule has 0 heterocycles. The van der Waals surface area contributed by atoms with Crippen LogP contribution in [0, 0.1) is 0 Å². The summed E-state index contributed by atoms with van der Waals surface area (Å²) in [6.45, 7) is 3.75. The lowest BCUT2D eigenvalue weighted by molar-refractivity contribution is 0.193. The van der Waals surface area contributed by atoms with Gasteiger partial charge >= 0.3 is 0 Å². The topological polar surface area (TPSA) is 97.7 Å². The molecule has 0 fully saturated rings. The second kappa shape index (κ2) is 7.30. The predicted octanol–water partition coefficient (Wildman–Crippen LogP) is 1.19. The molecule has 0 aromatic heterocycles. The number of rotatable bonds is 9. The second-order valence-electron chi connectivity index (χ2n) is 3.82. The van der Waals surface area contributed by atoms with Gasteiger partial charge in [-0.15, -0.1) is 0 Å². The fourth-order valence-electron chi connectivity index (χ4n) is 1.32. The Morgan fingerprint density at radius 3 is 2.12 bits per heavy atom. The van der Waals surface area contributed by atoms with E-state index in [-0.39, 0.29) is 12.5 Å². The Bertz CT molecular complexity index is 397. The highest BCUT2D eigenvalue weighted by molar-refractivity contribution is 7.87. The van der Waals surface area contributed by atoms with Crippen molar-refractivity contribution in [3.05, 3.63) is 0 Å². The average molecular weight is 288 g/mol. The summed E-state index contributed by atoms with van der Waals surface area (Å²) < 4.78 is 57.2. The van der Waals surface area contributed by atoms with E-state index in [4.69, 9.17) is 8.74 Å². The molecule has 6 nitrogen and oxygen atoms in total. The Morgan fingerprint density at radius 2 is 1.71 bits per heavy atom. The molecular formula is C9H20O6S2. The van der Waals surface area contributed by atoms with Gasteiger partial charge in [0.1, 0.15) is 0 Å². The van der Waals surface area contributed by atoms with Gasteiger partial charge in [-0.25, -0.2) is 0 Å². The van der Waals surface area contributed by atoms with Gasteiger partial charge in [0.2, 0.25) is 0 Å². The third-order valence-electron chi connectivity index (χ3n) is 2.15. The van der Waals surface area contributed by atoms with Crippen LogP contribution in [0.4, 0.5) is 0 Å². The molecule has 1 atom stereocenters.